The summed E-state index contributed by atoms with van der Waals surface area (Å²) in [4.78, 5) is 2.10. The number of anilines is 3. The molecule has 24 heavy (non-hydrogen) atoms. The molecule has 0 atom stereocenters. The molecule has 0 bridgehead atoms. The number of halogens is 2. The topological polar surface area (TPSA) is 43.7 Å². The highest BCUT2D eigenvalue weighted by molar-refractivity contribution is 9.10. The molecule has 0 saturated carbocycles. The van der Waals surface area contributed by atoms with Crippen molar-refractivity contribution < 1.29 is 10.0 Å². The van der Waals surface area contributed by atoms with Crippen LogP contribution in [0.5, 0.6) is 0 Å². The Balaban J connectivity index is 2.07. The largest absolute Gasteiger partial charge is 0.488 e. The summed E-state index contributed by atoms with van der Waals surface area (Å²) >= 11 is 6.92. The summed E-state index contributed by atoms with van der Waals surface area (Å²) in [5, 5.41) is 18.6. The Morgan fingerprint density at radius 3 is 1.25 bits per heavy atom. The predicted molar refractivity (Wildman–Crippen MR) is 106 cm³/mol. The van der Waals surface area contributed by atoms with Crippen molar-refractivity contribution in [3.05, 3.63) is 81.7 Å². The van der Waals surface area contributed by atoms with E-state index in [-0.39, 0.29) is 0 Å². The summed E-state index contributed by atoms with van der Waals surface area (Å²) in [6, 6.07) is 23.3. The van der Waals surface area contributed by atoms with Gasteiger partial charge in [0.1, 0.15) is 0 Å². The van der Waals surface area contributed by atoms with E-state index in [9.17, 15) is 10.0 Å². The zero-order valence-electron chi connectivity index (χ0n) is 12.6. The molecule has 3 rings (SSSR count). The average Bonchev–Trinajstić information content (AvgIpc) is 2.59. The molecular weight excluding hydrogens is 433 g/mol. The van der Waals surface area contributed by atoms with Crippen LogP contribution >= 0.6 is 31.9 Å². The van der Waals surface area contributed by atoms with Crippen LogP contribution in [0.15, 0.2) is 81.7 Å². The zero-order valence-corrected chi connectivity index (χ0v) is 15.8. The lowest BCUT2D eigenvalue weighted by Gasteiger charge is -2.25. The molecule has 2 N–H and O–H groups in total. The van der Waals surface area contributed by atoms with Crippen LogP contribution in [0.3, 0.4) is 0 Å². The summed E-state index contributed by atoms with van der Waals surface area (Å²) in [6.45, 7) is 0. The lowest BCUT2D eigenvalue weighted by Crippen LogP contribution is -2.29. The predicted octanol–water partition coefficient (Wildman–Crippen LogP) is 4.36. The molecule has 3 nitrogen and oxygen atoms in total. The molecule has 0 unspecified atom stereocenters. The maximum atomic E-state index is 9.28. The van der Waals surface area contributed by atoms with Gasteiger partial charge in [-0.15, -0.1) is 0 Å². The molecule has 0 aliphatic rings. The van der Waals surface area contributed by atoms with Crippen molar-refractivity contribution in [2.75, 3.05) is 4.90 Å². The highest BCUT2D eigenvalue weighted by Gasteiger charge is 2.15. The van der Waals surface area contributed by atoms with Crippen LogP contribution in [0.4, 0.5) is 17.1 Å². The summed E-state index contributed by atoms with van der Waals surface area (Å²) in [5.74, 6) is 0. The van der Waals surface area contributed by atoms with Gasteiger partial charge in [0, 0.05) is 26.0 Å². The van der Waals surface area contributed by atoms with Crippen LogP contribution in [-0.2, 0) is 0 Å². The summed E-state index contributed by atoms with van der Waals surface area (Å²) in [5.41, 5.74) is 3.42. The first-order valence-corrected chi connectivity index (χ1v) is 8.90. The van der Waals surface area contributed by atoms with E-state index in [4.69, 9.17) is 0 Å². The van der Waals surface area contributed by atoms with E-state index in [1.165, 1.54) is 0 Å². The number of rotatable bonds is 4. The quantitative estimate of drug-likeness (QED) is 0.585. The van der Waals surface area contributed by atoms with E-state index < -0.39 is 7.12 Å². The van der Waals surface area contributed by atoms with E-state index in [2.05, 4.69) is 36.8 Å². The van der Waals surface area contributed by atoms with Gasteiger partial charge in [0.15, 0.2) is 0 Å². The Labute approximate surface area is 158 Å². The number of nitrogens with zero attached hydrogens (tertiary/aromatic N) is 1. The van der Waals surface area contributed by atoms with Gasteiger partial charge >= 0.3 is 7.12 Å². The second kappa shape index (κ2) is 7.53. The van der Waals surface area contributed by atoms with Crippen molar-refractivity contribution in [1.82, 2.24) is 0 Å². The van der Waals surface area contributed by atoms with Gasteiger partial charge < -0.3 is 14.9 Å². The Hall–Kier alpha value is -1.60. The van der Waals surface area contributed by atoms with Crippen molar-refractivity contribution in [3.8, 4) is 0 Å². The average molecular weight is 447 g/mol. The van der Waals surface area contributed by atoms with Gasteiger partial charge in [-0.05, 0) is 66.1 Å². The fourth-order valence-electron chi connectivity index (χ4n) is 2.42. The lowest BCUT2D eigenvalue weighted by atomic mass is 9.80. The minimum atomic E-state index is -1.46. The number of hydrogen-bond donors (Lipinski definition) is 2. The lowest BCUT2D eigenvalue weighted by molar-refractivity contribution is 0.426. The van der Waals surface area contributed by atoms with Crippen LogP contribution < -0.4 is 10.4 Å². The molecule has 0 aromatic heterocycles. The smallest absolute Gasteiger partial charge is 0.423 e. The van der Waals surface area contributed by atoms with Crippen LogP contribution in [0.1, 0.15) is 0 Å². The van der Waals surface area contributed by atoms with E-state index in [1.54, 1.807) is 12.1 Å². The van der Waals surface area contributed by atoms with Crippen LogP contribution in [0.2, 0.25) is 0 Å². The maximum absolute atomic E-state index is 9.28. The van der Waals surface area contributed by atoms with E-state index in [0.717, 1.165) is 26.0 Å². The highest BCUT2D eigenvalue weighted by Crippen LogP contribution is 2.35. The Kier molecular flexibility index (Phi) is 5.41. The van der Waals surface area contributed by atoms with E-state index >= 15 is 0 Å². The first kappa shape index (κ1) is 17.2. The fourth-order valence-corrected chi connectivity index (χ4v) is 2.95. The monoisotopic (exact) mass is 445 g/mol. The van der Waals surface area contributed by atoms with Crippen LogP contribution in [0.25, 0.3) is 0 Å². The van der Waals surface area contributed by atoms with Gasteiger partial charge in [-0.25, -0.2) is 0 Å². The van der Waals surface area contributed by atoms with Crippen molar-refractivity contribution in [1.29, 1.82) is 0 Å². The minimum Gasteiger partial charge on any atom is -0.423 e. The van der Waals surface area contributed by atoms with Gasteiger partial charge in [0.05, 0.1) is 0 Å². The molecule has 0 spiro atoms. The molecule has 0 radical (unpaired) electrons. The summed E-state index contributed by atoms with van der Waals surface area (Å²) in [7, 11) is -1.46. The molecule has 0 heterocycles. The van der Waals surface area contributed by atoms with Crippen LogP contribution in [-0.4, -0.2) is 17.2 Å². The fraction of sp³-hybridized carbons (Fsp3) is 0. The van der Waals surface area contributed by atoms with Gasteiger partial charge in [-0.3, -0.25) is 0 Å². The van der Waals surface area contributed by atoms with Gasteiger partial charge in [0.2, 0.25) is 0 Å². The zero-order chi connectivity index (χ0) is 17.1. The van der Waals surface area contributed by atoms with E-state index in [1.807, 2.05) is 60.7 Å². The highest BCUT2D eigenvalue weighted by atomic mass is 79.9. The molecule has 0 aliphatic carbocycles. The molecule has 0 fully saturated rings. The second-order valence-electron chi connectivity index (χ2n) is 5.25. The first-order chi connectivity index (χ1) is 11.5. The molecule has 0 amide bonds. The molecule has 6 heteroatoms. The molecule has 3 aromatic carbocycles. The summed E-state index contributed by atoms with van der Waals surface area (Å²) in [6.07, 6.45) is 0. The third-order valence-electron chi connectivity index (χ3n) is 3.62. The van der Waals surface area contributed by atoms with Crippen molar-refractivity contribution in [2.24, 2.45) is 0 Å². The molecular formula is C18H14BBr2NO2. The normalized spacial score (nSPS) is 10.5. The number of benzene rings is 3. The third kappa shape index (κ3) is 3.90. The minimum absolute atomic E-state index is 0.463. The van der Waals surface area contributed by atoms with Gasteiger partial charge in [-0.1, -0.05) is 44.0 Å². The van der Waals surface area contributed by atoms with Gasteiger partial charge in [-0.2, -0.15) is 0 Å². The molecule has 120 valence electrons. The Morgan fingerprint density at radius 1 is 0.583 bits per heavy atom. The van der Waals surface area contributed by atoms with Crippen LogP contribution in [0, 0.1) is 0 Å². The van der Waals surface area contributed by atoms with Crippen molar-refractivity contribution in [2.45, 2.75) is 0 Å². The maximum Gasteiger partial charge on any atom is 0.488 e. The van der Waals surface area contributed by atoms with Crippen molar-refractivity contribution >= 4 is 61.5 Å². The van der Waals surface area contributed by atoms with Gasteiger partial charge in [0.25, 0.3) is 0 Å². The van der Waals surface area contributed by atoms with E-state index in [0.29, 0.717) is 5.46 Å². The standard InChI is InChI=1S/C18H14BBr2NO2/c20-14-3-9-17(10-4-14)22(18-11-5-15(21)6-12-18)16-7-1-13(2-8-16)19(23)24/h1-12,23-24H. The van der Waals surface area contributed by atoms with Crippen molar-refractivity contribution in [3.63, 3.8) is 0 Å². The molecule has 0 aliphatic heterocycles. The number of hydrogen-bond acceptors (Lipinski definition) is 3. The first-order valence-electron chi connectivity index (χ1n) is 7.32. The Morgan fingerprint density at radius 2 is 0.917 bits per heavy atom. The molecule has 0 saturated heterocycles. The SMILES string of the molecule is OB(O)c1ccc(N(c2ccc(Br)cc2)c2ccc(Br)cc2)cc1. The Bertz CT molecular complexity index is 760. The molecule has 3 aromatic rings. The third-order valence-corrected chi connectivity index (χ3v) is 4.68. The second-order valence-corrected chi connectivity index (χ2v) is 7.08. The summed E-state index contributed by atoms with van der Waals surface area (Å²) < 4.78 is 2.03.